The van der Waals surface area contributed by atoms with E-state index in [-0.39, 0.29) is 12.5 Å². The molecule has 0 spiro atoms. The minimum Gasteiger partial charge on any atom is -0.493 e. The number of halogens is 1. The summed E-state index contributed by atoms with van der Waals surface area (Å²) < 4.78 is 22.5. The maximum Gasteiger partial charge on any atom is 0.271 e. The molecule has 0 fully saturated rings. The van der Waals surface area contributed by atoms with Gasteiger partial charge in [0.25, 0.3) is 11.8 Å². The molecule has 3 aromatic rings. The molecule has 0 saturated heterocycles. The Morgan fingerprint density at radius 2 is 1.71 bits per heavy atom. The molecule has 0 aliphatic heterocycles. The van der Waals surface area contributed by atoms with Gasteiger partial charge in [-0.3, -0.25) is 9.59 Å². The molecule has 0 atom stereocenters. The van der Waals surface area contributed by atoms with E-state index in [0.717, 1.165) is 5.56 Å². The Labute approximate surface area is 229 Å². The minimum absolute atomic E-state index is 0.215. The fraction of sp³-hybridized carbons (Fsp3) is 0.179. The van der Waals surface area contributed by atoms with Crippen LogP contribution in [-0.4, -0.2) is 45.5 Å². The molecule has 9 nitrogen and oxygen atoms in total. The maximum atomic E-state index is 12.5. The summed E-state index contributed by atoms with van der Waals surface area (Å²) in [5.41, 5.74) is 5.22. The van der Waals surface area contributed by atoms with Gasteiger partial charge in [0.15, 0.2) is 29.6 Å². The smallest absolute Gasteiger partial charge is 0.271 e. The van der Waals surface area contributed by atoms with E-state index in [1.807, 2.05) is 31.2 Å². The third-order valence-electron chi connectivity index (χ3n) is 5.10. The van der Waals surface area contributed by atoms with Crippen LogP contribution in [0.3, 0.4) is 0 Å². The maximum absolute atomic E-state index is 12.5. The van der Waals surface area contributed by atoms with E-state index < -0.39 is 5.91 Å². The quantitative estimate of drug-likeness (QED) is 0.174. The molecule has 3 rings (SSSR count). The molecule has 0 unspecified atom stereocenters. The first kappa shape index (κ1) is 28.3. The van der Waals surface area contributed by atoms with Crippen LogP contribution in [0, 0.1) is 6.92 Å². The van der Waals surface area contributed by atoms with E-state index in [9.17, 15) is 9.59 Å². The summed E-state index contributed by atoms with van der Waals surface area (Å²) in [7, 11) is 2.98. The summed E-state index contributed by atoms with van der Waals surface area (Å²) in [4.78, 5) is 24.8. The lowest BCUT2D eigenvalue weighted by Gasteiger charge is -2.13. The number of anilines is 1. The standard InChI is InChI=1S/C28H28BrN3O6/c1-5-12-37-23-11-8-20(15-24(23)35-3)28(34)32-30-16-19-13-22(29)27(25(14-19)36-4)38-17-26(33)31-21-9-6-18(2)7-10-21/h5-11,13-16H,1,12,17H2,2-4H3,(H,31,33)(H,32,34)/b30-16+. The largest absolute Gasteiger partial charge is 0.493 e. The van der Waals surface area contributed by atoms with Crippen LogP contribution in [0.5, 0.6) is 23.0 Å². The number of methoxy groups -OCH3 is 2. The number of rotatable bonds is 12. The highest BCUT2D eigenvalue weighted by Gasteiger charge is 2.14. The Morgan fingerprint density at radius 3 is 2.39 bits per heavy atom. The third kappa shape index (κ3) is 7.84. The summed E-state index contributed by atoms with van der Waals surface area (Å²) in [6, 6.07) is 15.7. The lowest BCUT2D eigenvalue weighted by molar-refractivity contribution is -0.118. The van der Waals surface area contributed by atoms with E-state index in [1.54, 1.807) is 36.4 Å². The van der Waals surface area contributed by atoms with Crippen molar-refractivity contribution in [1.82, 2.24) is 5.43 Å². The number of nitrogens with one attached hydrogen (secondary N) is 2. The topological polar surface area (TPSA) is 107 Å². The average Bonchev–Trinajstić information content (AvgIpc) is 2.92. The highest BCUT2D eigenvalue weighted by Crippen LogP contribution is 2.36. The number of nitrogens with zero attached hydrogens (tertiary/aromatic N) is 1. The molecule has 2 amide bonds. The number of carbonyl (C=O) groups excluding carboxylic acids is 2. The van der Waals surface area contributed by atoms with Crippen molar-refractivity contribution in [3.8, 4) is 23.0 Å². The lowest BCUT2D eigenvalue weighted by atomic mass is 10.2. The highest BCUT2D eigenvalue weighted by molar-refractivity contribution is 9.10. The first-order chi connectivity index (χ1) is 18.3. The Bertz CT molecular complexity index is 1320. The van der Waals surface area contributed by atoms with Gasteiger partial charge in [0.2, 0.25) is 0 Å². The van der Waals surface area contributed by atoms with Crippen molar-refractivity contribution in [3.63, 3.8) is 0 Å². The predicted molar refractivity (Wildman–Crippen MR) is 150 cm³/mol. The molecule has 0 saturated carbocycles. The molecule has 0 aliphatic carbocycles. The predicted octanol–water partition coefficient (Wildman–Crippen LogP) is 5.12. The summed E-state index contributed by atoms with van der Waals surface area (Å²) >= 11 is 3.44. The number of amides is 2. The number of aryl methyl sites for hydroxylation is 1. The van der Waals surface area contributed by atoms with E-state index in [4.69, 9.17) is 18.9 Å². The third-order valence-corrected chi connectivity index (χ3v) is 5.69. The van der Waals surface area contributed by atoms with Crippen LogP contribution in [0.25, 0.3) is 0 Å². The summed E-state index contributed by atoms with van der Waals surface area (Å²) in [6.45, 7) is 5.68. The number of hydrazone groups is 1. The second-order valence-corrected chi connectivity index (χ2v) is 8.76. The molecule has 0 heterocycles. The zero-order valence-corrected chi connectivity index (χ0v) is 22.8. The fourth-order valence-electron chi connectivity index (χ4n) is 3.23. The van der Waals surface area contributed by atoms with Gasteiger partial charge in [0.1, 0.15) is 6.61 Å². The van der Waals surface area contributed by atoms with Crippen LogP contribution in [-0.2, 0) is 4.79 Å². The first-order valence-electron chi connectivity index (χ1n) is 11.5. The molecular formula is C28H28BrN3O6. The van der Waals surface area contributed by atoms with Gasteiger partial charge in [-0.25, -0.2) is 5.43 Å². The molecular weight excluding hydrogens is 554 g/mol. The average molecular weight is 582 g/mol. The van der Waals surface area contributed by atoms with Crippen molar-refractivity contribution in [2.24, 2.45) is 5.10 Å². The monoisotopic (exact) mass is 581 g/mol. The molecule has 0 radical (unpaired) electrons. The molecule has 0 aromatic heterocycles. The zero-order valence-electron chi connectivity index (χ0n) is 21.2. The van der Waals surface area contributed by atoms with Gasteiger partial charge in [-0.1, -0.05) is 30.4 Å². The van der Waals surface area contributed by atoms with Gasteiger partial charge in [0, 0.05) is 11.3 Å². The van der Waals surface area contributed by atoms with Crippen LogP contribution in [0.1, 0.15) is 21.5 Å². The number of benzene rings is 3. The second-order valence-electron chi connectivity index (χ2n) is 7.90. The molecule has 10 heteroatoms. The van der Waals surface area contributed by atoms with E-state index in [0.29, 0.717) is 50.9 Å². The van der Waals surface area contributed by atoms with Crippen molar-refractivity contribution in [1.29, 1.82) is 0 Å². The van der Waals surface area contributed by atoms with Gasteiger partial charge in [0.05, 0.1) is 24.9 Å². The Hall–Kier alpha value is -4.31. The molecule has 0 bridgehead atoms. The number of carbonyl (C=O) groups is 2. The molecule has 38 heavy (non-hydrogen) atoms. The van der Waals surface area contributed by atoms with Crippen molar-refractivity contribution < 1.29 is 28.5 Å². The van der Waals surface area contributed by atoms with Crippen LogP contribution in [0.2, 0.25) is 0 Å². The Morgan fingerprint density at radius 1 is 0.974 bits per heavy atom. The summed E-state index contributed by atoms with van der Waals surface area (Å²) in [5, 5.41) is 6.81. The zero-order chi connectivity index (χ0) is 27.5. The van der Waals surface area contributed by atoms with E-state index >= 15 is 0 Å². The molecule has 0 aliphatic rings. The van der Waals surface area contributed by atoms with E-state index in [1.165, 1.54) is 20.4 Å². The van der Waals surface area contributed by atoms with Gasteiger partial charge in [-0.15, -0.1) is 0 Å². The van der Waals surface area contributed by atoms with Crippen molar-refractivity contribution in [2.75, 3.05) is 32.8 Å². The number of hydrogen-bond acceptors (Lipinski definition) is 7. The Kier molecular flexibility index (Phi) is 10.3. The summed E-state index contributed by atoms with van der Waals surface area (Å²) in [5.74, 6) is 0.918. The molecule has 2 N–H and O–H groups in total. The van der Waals surface area contributed by atoms with Gasteiger partial charge >= 0.3 is 0 Å². The fourth-order valence-corrected chi connectivity index (χ4v) is 3.81. The van der Waals surface area contributed by atoms with Crippen LogP contribution >= 0.6 is 15.9 Å². The highest BCUT2D eigenvalue weighted by atomic mass is 79.9. The van der Waals surface area contributed by atoms with Crippen LogP contribution < -0.4 is 29.7 Å². The van der Waals surface area contributed by atoms with Gasteiger partial charge < -0.3 is 24.3 Å². The summed E-state index contributed by atoms with van der Waals surface area (Å²) in [6.07, 6.45) is 3.07. The van der Waals surface area contributed by atoms with Crippen LogP contribution in [0.15, 0.2) is 76.8 Å². The molecule has 198 valence electrons. The normalized spacial score (nSPS) is 10.5. The van der Waals surface area contributed by atoms with Crippen LogP contribution in [0.4, 0.5) is 5.69 Å². The van der Waals surface area contributed by atoms with Crippen molar-refractivity contribution in [2.45, 2.75) is 6.92 Å². The van der Waals surface area contributed by atoms with E-state index in [2.05, 4.69) is 38.4 Å². The minimum atomic E-state index is -0.430. The lowest BCUT2D eigenvalue weighted by Crippen LogP contribution is -2.20. The first-order valence-corrected chi connectivity index (χ1v) is 12.3. The molecule has 3 aromatic carbocycles. The van der Waals surface area contributed by atoms with Gasteiger partial charge in [-0.05, 0) is 70.9 Å². The SMILES string of the molecule is C=CCOc1ccc(C(=O)N/N=C/c2cc(Br)c(OCC(=O)Nc3ccc(C)cc3)c(OC)c2)cc1OC. The van der Waals surface area contributed by atoms with Gasteiger partial charge in [-0.2, -0.15) is 5.10 Å². The van der Waals surface area contributed by atoms with Crippen molar-refractivity contribution in [3.05, 3.63) is 88.4 Å². The Balaban J connectivity index is 1.62. The number of ether oxygens (including phenoxy) is 4. The van der Waals surface area contributed by atoms with Crippen molar-refractivity contribution >= 4 is 39.6 Å². The number of hydrogen-bond donors (Lipinski definition) is 2. The second kappa shape index (κ2) is 13.8.